The summed E-state index contributed by atoms with van der Waals surface area (Å²) < 4.78 is 27.4. The fourth-order valence-corrected chi connectivity index (χ4v) is 4.64. The van der Waals surface area contributed by atoms with Crippen LogP contribution in [0.15, 0.2) is 48.5 Å². The quantitative estimate of drug-likeness (QED) is 0.835. The van der Waals surface area contributed by atoms with Crippen molar-refractivity contribution >= 4 is 27.3 Å². The molecule has 0 saturated carbocycles. The van der Waals surface area contributed by atoms with Crippen molar-refractivity contribution in [3.63, 3.8) is 0 Å². The van der Waals surface area contributed by atoms with Gasteiger partial charge in [-0.2, -0.15) is 0 Å². The minimum atomic E-state index is -3.39. The SMILES string of the molecule is Cc1ccc(N2CCC(CNS(=O)(=O)Cc3ccccc3Cl)C2)cc1. The smallest absolute Gasteiger partial charge is 0.215 e. The molecule has 2 aromatic rings. The van der Waals surface area contributed by atoms with Gasteiger partial charge in [0.1, 0.15) is 0 Å². The predicted octanol–water partition coefficient (Wildman–Crippen LogP) is 3.59. The van der Waals surface area contributed by atoms with Gasteiger partial charge in [0.25, 0.3) is 0 Å². The van der Waals surface area contributed by atoms with E-state index >= 15 is 0 Å². The fraction of sp³-hybridized carbons (Fsp3) is 0.368. The molecule has 6 heteroatoms. The van der Waals surface area contributed by atoms with Crippen LogP contribution in [-0.4, -0.2) is 28.1 Å². The van der Waals surface area contributed by atoms with E-state index in [1.54, 1.807) is 24.3 Å². The molecule has 2 aromatic carbocycles. The van der Waals surface area contributed by atoms with E-state index in [0.29, 0.717) is 23.0 Å². The van der Waals surface area contributed by atoms with E-state index in [1.165, 1.54) is 11.3 Å². The first kappa shape index (κ1) is 18.2. The minimum absolute atomic E-state index is 0.0823. The number of halogens is 1. The number of benzene rings is 2. The number of nitrogens with one attached hydrogen (secondary N) is 1. The molecule has 1 heterocycles. The Morgan fingerprint density at radius 3 is 2.60 bits per heavy atom. The maximum absolute atomic E-state index is 12.3. The number of hydrogen-bond acceptors (Lipinski definition) is 3. The molecule has 0 bridgehead atoms. The summed E-state index contributed by atoms with van der Waals surface area (Å²) in [5.41, 5.74) is 3.07. The molecule has 25 heavy (non-hydrogen) atoms. The van der Waals surface area contributed by atoms with E-state index in [4.69, 9.17) is 11.6 Å². The van der Waals surface area contributed by atoms with Crippen molar-refractivity contribution in [2.45, 2.75) is 19.1 Å². The summed E-state index contributed by atoms with van der Waals surface area (Å²) in [7, 11) is -3.39. The summed E-state index contributed by atoms with van der Waals surface area (Å²) in [5, 5.41) is 0.485. The Labute approximate surface area is 154 Å². The average Bonchev–Trinajstić information content (AvgIpc) is 3.05. The highest BCUT2D eigenvalue weighted by atomic mass is 35.5. The summed E-state index contributed by atoms with van der Waals surface area (Å²) >= 11 is 6.06. The highest BCUT2D eigenvalue weighted by Crippen LogP contribution is 2.24. The van der Waals surface area contributed by atoms with Crippen molar-refractivity contribution in [3.05, 3.63) is 64.7 Å². The molecule has 0 radical (unpaired) electrons. The molecule has 3 rings (SSSR count). The molecule has 1 aliphatic rings. The van der Waals surface area contributed by atoms with Gasteiger partial charge in [0.15, 0.2) is 0 Å². The minimum Gasteiger partial charge on any atom is -0.371 e. The molecule has 0 aliphatic carbocycles. The molecule has 0 amide bonds. The zero-order valence-electron chi connectivity index (χ0n) is 14.3. The molecular formula is C19H23ClN2O2S. The second-order valence-corrected chi connectivity index (χ2v) is 8.85. The highest BCUT2D eigenvalue weighted by molar-refractivity contribution is 7.88. The fourth-order valence-electron chi connectivity index (χ4n) is 3.11. The second kappa shape index (κ2) is 7.77. The normalized spacial score (nSPS) is 17.8. The monoisotopic (exact) mass is 378 g/mol. The van der Waals surface area contributed by atoms with Gasteiger partial charge in [0.2, 0.25) is 10.0 Å². The molecule has 1 N–H and O–H groups in total. The van der Waals surface area contributed by atoms with Crippen LogP contribution in [0, 0.1) is 12.8 Å². The van der Waals surface area contributed by atoms with Gasteiger partial charge >= 0.3 is 0 Å². The lowest BCUT2D eigenvalue weighted by Crippen LogP contribution is -2.32. The highest BCUT2D eigenvalue weighted by Gasteiger charge is 2.24. The van der Waals surface area contributed by atoms with E-state index in [1.807, 2.05) is 0 Å². The van der Waals surface area contributed by atoms with Crippen LogP contribution in [0.1, 0.15) is 17.5 Å². The molecule has 4 nitrogen and oxygen atoms in total. The zero-order chi connectivity index (χ0) is 17.9. The third-order valence-electron chi connectivity index (χ3n) is 4.58. The lowest BCUT2D eigenvalue weighted by atomic mass is 10.1. The van der Waals surface area contributed by atoms with Crippen LogP contribution in [0.3, 0.4) is 0 Å². The van der Waals surface area contributed by atoms with Crippen LogP contribution >= 0.6 is 11.6 Å². The first-order chi connectivity index (χ1) is 11.9. The van der Waals surface area contributed by atoms with Gasteiger partial charge in [-0.25, -0.2) is 13.1 Å². The van der Waals surface area contributed by atoms with Crippen LogP contribution in [0.25, 0.3) is 0 Å². The van der Waals surface area contributed by atoms with Crippen molar-refractivity contribution in [2.24, 2.45) is 5.92 Å². The average molecular weight is 379 g/mol. The maximum atomic E-state index is 12.3. The number of aryl methyl sites for hydroxylation is 1. The van der Waals surface area contributed by atoms with Crippen LogP contribution in [0.5, 0.6) is 0 Å². The lowest BCUT2D eigenvalue weighted by Gasteiger charge is -2.19. The van der Waals surface area contributed by atoms with Crippen molar-refractivity contribution < 1.29 is 8.42 Å². The Bertz CT molecular complexity index is 822. The van der Waals surface area contributed by atoms with Crippen molar-refractivity contribution in [3.8, 4) is 0 Å². The first-order valence-electron chi connectivity index (χ1n) is 8.45. The molecule has 1 saturated heterocycles. The van der Waals surface area contributed by atoms with E-state index in [0.717, 1.165) is 19.5 Å². The number of hydrogen-bond donors (Lipinski definition) is 1. The third-order valence-corrected chi connectivity index (χ3v) is 6.25. The van der Waals surface area contributed by atoms with Crippen LogP contribution in [0.2, 0.25) is 5.02 Å². The van der Waals surface area contributed by atoms with E-state index in [9.17, 15) is 8.42 Å². The third kappa shape index (κ3) is 4.97. The summed E-state index contributed by atoms with van der Waals surface area (Å²) in [4.78, 5) is 2.31. The standard InChI is InChI=1S/C19H23ClN2O2S/c1-15-6-8-18(9-7-15)22-11-10-16(13-22)12-21-25(23,24)14-17-4-2-3-5-19(17)20/h2-9,16,21H,10-14H2,1H3. The Morgan fingerprint density at radius 2 is 1.88 bits per heavy atom. The lowest BCUT2D eigenvalue weighted by molar-refractivity contribution is 0.541. The van der Waals surface area contributed by atoms with E-state index < -0.39 is 10.0 Å². The van der Waals surface area contributed by atoms with Crippen LogP contribution in [0.4, 0.5) is 5.69 Å². The van der Waals surface area contributed by atoms with Gasteiger partial charge in [-0.3, -0.25) is 0 Å². The van der Waals surface area contributed by atoms with Crippen LogP contribution in [-0.2, 0) is 15.8 Å². The summed E-state index contributed by atoms with van der Waals surface area (Å²) in [6, 6.07) is 15.5. The van der Waals surface area contributed by atoms with E-state index in [2.05, 4.69) is 40.8 Å². The number of rotatable bonds is 6. The summed E-state index contributed by atoms with van der Waals surface area (Å²) in [6.45, 7) is 4.37. The molecule has 1 aliphatic heterocycles. The van der Waals surface area contributed by atoms with Gasteiger partial charge in [-0.05, 0) is 43.0 Å². The molecule has 0 aromatic heterocycles. The molecule has 1 atom stereocenters. The molecule has 134 valence electrons. The number of nitrogens with zero attached hydrogens (tertiary/aromatic N) is 1. The van der Waals surface area contributed by atoms with Crippen molar-refractivity contribution in [1.82, 2.24) is 4.72 Å². The predicted molar refractivity (Wildman–Crippen MR) is 104 cm³/mol. The topological polar surface area (TPSA) is 49.4 Å². The molecular weight excluding hydrogens is 356 g/mol. The van der Waals surface area contributed by atoms with Gasteiger partial charge in [0.05, 0.1) is 5.75 Å². The van der Waals surface area contributed by atoms with Gasteiger partial charge in [-0.15, -0.1) is 0 Å². The molecule has 1 unspecified atom stereocenters. The van der Waals surface area contributed by atoms with Crippen molar-refractivity contribution in [1.29, 1.82) is 0 Å². The molecule has 1 fully saturated rings. The maximum Gasteiger partial charge on any atom is 0.215 e. The number of anilines is 1. The van der Waals surface area contributed by atoms with Crippen LogP contribution < -0.4 is 9.62 Å². The summed E-state index contributed by atoms with van der Waals surface area (Å²) in [6.07, 6.45) is 0.989. The van der Waals surface area contributed by atoms with Gasteiger partial charge in [-0.1, -0.05) is 47.5 Å². The van der Waals surface area contributed by atoms with Gasteiger partial charge in [0, 0.05) is 30.3 Å². The molecule has 0 spiro atoms. The first-order valence-corrected chi connectivity index (χ1v) is 10.5. The second-order valence-electron chi connectivity index (χ2n) is 6.64. The van der Waals surface area contributed by atoms with E-state index in [-0.39, 0.29) is 5.75 Å². The zero-order valence-corrected chi connectivity index (χ0v) is 15.9. The van der Waals surface area contributed by atoms with Crippen molar-refractivity contribution in [2.75, 3.05) is 24.5 Å². The Hall–Kier alpha value is -1.56. The Kier molecular flexibility index (Phi) is 5.67. The Balaban J connectivity index is 1.53. The summed E-state index contributed by atoms with van der Waals surface area (Å²) in [5.74, 6) is 0.239. The Morgan fingerprint density at radius 1 is 1.16 bits per heavy atom. The largest absolute Gasteiger partial charge is 0.371 e. The number of sulfonamides is 1. The van der Waals surface area contributed by atoms with Gasteiger partial charge < -0.3 is 4.90 Å².